The van der Waals surface area contributed by atoms with E-state index in [1.54, 1.807) is 0 Å². The summed E-state index contributed by atoms with van der Waals surface area (Å²) in [7, 11) is 0. The van der Waals surface area contributed by atoms with Crippen LogP contribution >= 0.6 is 0 Å². The van der Waals surface area contributed by atoms with Crippen LogP contribution in [0.4, 0.5) is 0 Å². The number of aryl methyl sites for hydroxylation is 2. The number of hydrogen-bond acceptors (Lipinski definition) is 3. The van der Waals surface area contributed by atoms with Gasteiger partial charge in [-0.3, -0.25) is 4.68 Å². The summed E-state index contributed by atoms with van der Waals surface area (Å²) in [5, 5.41) is 8.04. The van der Waals surface area contributed by atoms with Crippen LogP contribution in [0.5, 0.6) is 0 Å². The quantitative estimate of drug-likeness (QED) is 0.551. The number of nitrogens with one attached hydrogen (secondary N) is 1. The van der Waals surface area contributed by atoms with Crippen LogP contribution in [0.15, 0.2) is 12.7 Å². The maximum Gasteiger partial charge on any atom is 0.0644 e. The number of aromatic nitrogens is 2. The van der Waals surface area contributed by atoms with Crippen molar-refractivity contribution < 1.29 is 4.74 Å². The summed E-state index contributed by atoms with van der Waals surface area (Å²) in [6.45, 7) is 15.5. The monoisotopic (exact) mass is 265 g/mol. The average Bonchev–Trinajstić information content (AvgIpc) is 2.68. The van der Waals surface area contributed by atoms with E-state index in [1.165, 1.54) is 11.3 Å². The van der Waals surface area contributed by atoms with Crippen LogP contribution in [0.1, 0.15) is 43.3 Å². The van der Waals surface area contributed by atoms with E-state index in [0.29, 0.717) is 6.04 Å². The molecule has 0 radical (unpaired) electrons. The Hall–Kier alpha value is -1.13. The third-order valence-corrected chi connectivity index (χ3v) is 3.33. The highest BCUT2D eigenvalue weighted by Gasteiger charge is 2.16. The van der Waals surface area contributed by atoms with E-state index in [2.05, 4.69) is 49.4 Å². The third kappa shape index (κ3) is 4.48. The van der Waals surface area contributed by atoms with E-state index in [9.17, 15) is 0 Å². The Morgan fingerprint density at radius 2 is 2.16 bits per heavy atom. The predicted molar refractivity (Wildman–Crippen MR) is 79.4 cm³/mol. The molecule has 0 spiro atoms. The van der Waals surface area contributed by atoms with E-state index in [0.717, 1.165) is 38.4 Å². The summed E-state index contributed by atoms with van der Waals surface area (Å²) in [5.74, 6) is 0. The predicted octanol–water partition coefficient (Wildman–Crippen LogP) is 2.76. The normalized spacial score (nSPS) is 12.6. The Morgan fingerprint density at radius 1 is 1.42 bits per heavy atom. The molecule has 1 rings (SSSR count). The van der Waals surface area contributed by atoms with Gasteiger partial charge < -0.3 is 10.1 Å². The Bertz CT molecular complexity index is 398. The van der Waals surface area contributed by atoms with E-state index >= 15 is 0 Å². The number of hydrogen-bond donors (Lipinski definition) is 1. The van der Waals surface area contributed by atoms with Gasteiger partial charge in [-0.05, 0) is 34.1 Å². The van der Waals surface area contributed by atoms with Gasteiger partial charge in [-0.2, -0.15) is 5.10 Å². The molecule has 1 unspecified atom stereocenters. The summed E-state index contributed by atoms with van der Waals surface area (Å²) in [4.78, 5) is 0. The number of ether oxygens (including phenoxy) is 1. The molecule has 4 heteroatoms. The SMILES string of the molecule is C=CCCOCCNC(C)c1c(C)nn(CC)c1C. The molecule has 0 aliphatic carbocycles. The summed E-state index contributed by atoms with van der Waals surface area (Å²) in [6.07, 6.45) is 2.79. The van der Waals surface area contributed by atoms with Crippen molar-refractivity contribution in [1.29, 1.82) is 0 Å². The van der Waals surface area contributed by atoms with Crippen molar-refractivity contribution in [2.75, 3.05) is 19.8 Å². The van der Waals surface area contributed by atoms with Gasteiger partial charge in [-0.15, -0.1) is 6.58 Å². The second-order valence-corrected chi connectivity index (χ2v) is 4.77. The lowest BCUT2D eigenvalue weighted by atomic mass is 10.1. The lowest BCUT2D eigenvalue weighted by Gasteiger charge is -2.15. The summed E-state index contributed by atoms with van der Waals surface area (Å²) in [5.41, 5.74) is 3.69. The molecule has 0 amide bonds. The molecule has 0 saturated heterocycles. The van der Waals surface area contributed by atoms with Gasteiger partial charge in [0, 0.05) is 30.4 Å². The molecule has 1 heterocycles. The molecule has 19 heavy (non-hydrogen) atoms. The zero-order valence-corrected chi connectivity index (χ0v) is 12.7. The summed E-state index contributed by atoms with van der Waals surface area (Å²) in [6, 6.07) is 0.309. The van der Waals surface area contributed by atoms with E-state index in [-0.39, 0.29) is 0 Å². The minimum Gasteiger partial charge on any atom is -0.380 e. The molecule has 1 atom stereocenters. The maximum atomic E-state index is 5.49. The largest absolute Gasteiger partial charge is 0.380 e. The third-order valence-electron chi connectivity index (χ3n) is 3.33. The van der Waals surface area contributed by atoms with E-state index in [1.807, 2.05) is 6.08 Å². The number of rotatable bonds is 9. The fourth-order valence-electron chi connectivity index (χ4n) is 2.36. The van der Waals surface area contributed by atoms with Gasteiger partial charge >= 0.3 is 0 Å². The molecule has 1 N–H and O–H groups in total. The fourth-order valence-corrected chi connectivity index (χ4v) is 2.36. The van der Waals surface area contributed by atoms with Crippen molar-refractivity contribution in [1.82, 2.24) is 15.1 Å². The van der Waals surface area contributed by atoms with Crippen molar-refractivity contribution in [2.24, 2.45) is 0 Å². The Labute approximate surface area is 116 Å². The van der Waals surface area contributed by atoms with E-state index in [4.69, 9.17) is 4.74 Å². The van der Waals surface area contributed by atoms with Crippen LogP contribution < -0.4 is 5.32 Å². The van der Waals surface area contributed by atoms with Crippen molar-refractivity contribution in [3.8, 4) is 0 Å². The first-order valence-electron chi connectivity index (χ1n) is 7.07. The molecule has 0 aliphatic rings. The maximum absolute atomic E-state index is 5.49. The van der Waals surface area contributed by atoms with Gasteiger partial charge in [0.25, 0.3) is 0 Å². The van der Waals surface area contributed by atoms with Crippen LogP contribution in [-0.2, 0) is 11.3 Å². The average molecular weight is 265 g/mol. The Kier molecular flexibility index (Phi) is 6.81. The standard InChI is InChI=1S/C15H27N3O/c1-6-8-10-19-11-9-16-12(3)15-13(4)17-18(7-2)14(15)5/h6,12,16H,1,7-11H2,2-5H3. The molecule has 0 fully saturated rings. The lowest BCUT2D eigenvalue weighted by molar-refractivity contribution is 0.138. The highest BCUT2D eigenvalue weighted by Crippen LogP contribution is 2.20. The summed E-state index contributed by atoms with van der Waals surface area (Å²) >= 11 is 0. The van der Waals surface area contributed by atoms with Gasteiger partial charge in [-0.25, -0.2) is 0 Å². The molecule has 4 nitrogen and oxygen atoms in total. The molecule has 0 saturated carbocycles. The molecule has 0 bridgehead atoms. The van der Waals surface area contributed by atoms with Gasteiger partial charge in [0.15, 0.2) is 0 Å². The van der Waals surface area contributed by atoms with Crippen LogP contribution in [-0.4, -0.2) is 29.5 Å². The Morgan fingerprint density at radius 3 is 2.74 bits per heavy atom. The van der Waals surface area contributed by atoms with Crippen LogP contribution in [0.2, 0.25) is 0 Å². The topological polar surface area (TPSA) is 39.1 Å². The van der Waals surface area contributed by atoms with Crippen molar-refractivity contribution in [3.63, 3.8) is 0 Å². The van der Waals surface area contributed by atoms with Crippen molar-refractivity contribution >= 4 is 0 Å². The number of nitrogens with zero attached hydrogens (tertiary/aromatic N) is 2. The minimum absolute atomic E-state index is 0.309. The smallest absolute Gasteiger partial charge is 0.0644 e. The van der Waals surface area contributed by atoms with Crippen LogP contribution in [0.25, 0.3) is 0 Å². The molecule has 108 valence electrons. The first kappa shape index (κ1) is 15.9. The molecular formula is C15H27N3O. The first-order valence-corrected chi connectivity index (χ1v) is 7.07. The van der Waals surface area contributed by atoms with E-state index < -0.39 is 0 Å². The van der Waals surface area contributed by atoms with Gasteiger partial charge in [0.05, 0.1) is 18.9 Å². The second kappa shape index (κ2) is 8.12. The second-order valence-electron chi connectivity index (χ2n) is 4.77. The Balaban J connectivity index is 2.43. The zero-order chi connectivity index (χ0) is 14.3. The van der Waals surface area contributed by atoms with Crippen molar-refractivity contribution in [3.05, 3.63) is 29.6 Å². The van der Waals surface area contributed by atoms with Crippen molar-refractivity contribution in [2.45, 2.75) is 46.7 Å². The van der Waals surface area contributed by atoms with Gasteiger partial charge in [0.1, 0.15) is 0 Å². The van der Waals surface area contributed by atoms with Gasteiger partial charge in [0.2, 0.25) is 0 Å². The van der Waals surface area contributed by atoms with Gasteiger partial charge in [-0.1, -0.05) is 6.08 Å². The van der Waals surface area contributed by atoms with Crippen LogP contribution in [0.3, 0.4) is 0 Å². The minimum atomic E-state index is 0.309. The summed E-state index contributed by atoms with van der Waals surface area (Å²) < 4.78 is 7.55. The molecule has 1 aromatic rings. The molecule has 0 aliphatic heterocycles. The van der Waals surface area contributed by atoms with Crippen LogP contribution in [0, 0.1) is 13.8 Å². The molecule has 1 aromatic heterocycles. The fraction of sp³-hybridized carbons (Fsp3) is 0.667. The lowest BCUT2D eigenvalue weighted by Crippen LogP contribution is -2.24. The zero-order valence-electron chi connectivity index (χ0n) is 12.7. The molecular weight excluding hydrogens is 238 g/mol. The highest BCUT2D eigenvalue weighted by molar-refractivity contribution is 5.27. The molecule has 0 aromatic carbocycles. The highest BCUT2D eigenvalue weighted by atomic mass is 16.5. The first-order chi connectivity index (χ1) is 9.11.